The normalized spacial score (nSPS) is 15.4. The Morgan fingerprint density at radius 3 is 2.65 bits per heavy atom. The molecule has 2 amide bonds. The minimum Gasteiger partial charge on any atom is -0.296 e. The third-order valence-corrected chi connectivity index (χ3v) is 6.81. The maximum atomic E-state index is 12.5. The number of amides is 2. The summed E-state index contributed by atoms with van der Waals surface area (Å²) in [5.74, 6) is -0.866. The number of fused-ring (bicyclic) bond motifs is 1. The van der Waals surface area contributed by atoms with Crippen LogP contribution in [0, 0.1) is 0 Å². The predicted octanol–water partition coefficient (Wildman–Crippen LogP) is 2.47. The Kier molecular flexibility index (Phi) is 4.80. The van der Waals surface area contributed by atoms with Crippen LogP contribution in [0.25, 0.3) is 0 Å². The van der Waals surface area contributed by atoms with Crippen LogP contribution in [0.5, 0.6) is 0 Å². The highest BCUT2D eigenvalue weighted by Gasteiger charge is 2.40. The molecule has 3 rings (SSSR count). The Hall–Kier alpha value is -2.33. The number of nitrogens with zero attached hydrogens (tertiary/aromatic N) is 3. The van der Waals surface area contributed by atoms with E-state index in [0.29, 0.717) is 11.6 Å². The van der Waals surface area contributed by atoms with Gasteiger partial charge in [-0.05, 0) is 24.6 Å². The number of nitrogens with one attached hydrogen (secondary N) is 1. The van der Waals surface area contributed by atoms with Gasteiger partial charge in [-0.1, -0.05) is 32.1 Å². The Morgan fingerprint density at radius 2 is 2.04 bits per heavy atom. The van der Waals surface area contributed by atoms with Gasteiger partial charge in [-0.15, -0.1) is 10.2 Å². The van der Waals surface area contributed by atoms with Gasteiger partial charge in [-0.2, -0.15) is 0 Å². The smallest absolute Gasteiger partial charge is 0.269 e. The molecule has 0 unspecified atom stereocenters. The average Bonchev–Trinajstić information content (AvgIpc) is 3.13. The van der Waals surface area contributed by atoms with Crippen molar-refractivity contribution in [1.82, 2.24) is 14.5 Å². The molecular weight excluding hydrogens is 376 g/mol. The van der Waals surface area contributed by atoms with Gasteiger partial charge < -0.3 is 0 Å². The average molecular weight is 394 g/mol. The van der Waals surface area contributed by atoms with E-state index in [1.54, 1.807) is 6.92 Å². The van der Waals surface area contributed by atoms with Crippen LogP contribution in [0.15, 0.2) is 23.1 Å². The van der Waals surface area contributed by atoms with E-state index in [1.807, 2.05) is 13.8 Å². The maximum absolute atomic E-state index is 12.5. The minimum absolute atomic E-state index is 0.0907. The molecule has 0 spiro atoms. The first-order chi connectivity index (χ1) is 12.3. The fraction of sp³-hybridized carbons (Fsp3) is 0.375. The number of hydrogen-bond acceptors (Lipinski definition) is 7. The van der Waals surface area contributed by atoms with Gasteiger partial charge in [0.15, 0.2) is 0 Å². The lowest BCUT2D eigenvalue weighted by atomic mass is 10.1. The van der Waals surface area contributed by atoms with Gasteiger partial charge in [0.1, 0.15) is 9.90 Å². The van der Waals surface area contributed by atoms with Crippen molar-refractivity contribution in [3.05, 3.63) is 34.3 Å². The fourth-order valence-electron chi connectivity index (χ4n) is 2.53. The second-order valence-electron chi connectivity index (χ2n) is 6.15. The molecule has 0 bridgehead atoms. The van der Waals surface area contributed by atoms with Gasteiger partial charge >= 0.3 is 0 Å². The monoisotopic (exact) mass is 394 g/mol. The molecule has 2 aromatic rings. The molecule has 8 nitrogen and oxygen atoms in total. The standard InChI is InChI=1S/C16H18N4O4S2/c1-4-7-20-15(22)11-6-5-10(8-12(11)26(20,23)24)13(21)17-16-19-18-14(25-16)9(2)3/h5-6,8-9H,4,7H2,1-3H3,(H,17,19,21). The van der Waals surface area contributed by atoms with Crippen LogP contribution in [0.3, 0.4) is 0 Å². The van der Waals surface area contributed by atoms with Gasteiger partial charge in [0.2, 0.25) is 5.13 Å². The summed E-state index contributed by atoms with van der Waals surface area (Å²) < 4.78 is 25.9. The topological polar surface area (TPSA) is 109 Å². The van der Waals surface area contributed by atoms with Gasteiger partial charge in [-0.25, -0.2) is 12.7 Å². The number of hydrogen-bond donors (Lipinski definition) is 1. The van der Waals surface area contributed by atoms with Crippen molar-refractivity contribution in [3.63, 3.8) is 0 Å². The van der Waals surface area contributed by atoms with E-state index in [4.69, 9.17) is 0 Å². The van der Waals surface area contributed by atoms with Gasteiger partial charge in [0.05, 0.1) is 5.56 Å². The SMILES string of the molecule is CCCN1C(=O)c2ccc(C(=O)Nc3nnc(C(C)C)s3)cc2S1(=O)=O. The molecule has 0 fully saturated rings. The molecule has 1 aliphatic rings. The van der Waals surface area contributed by atoms with E-state index in [0.717, 1.165) is 9.31 Å². The molecule has 1 aromatic carbocycles. The van der Waals surface area contributed by atoms with Crippen LogP contribution in [0.1, 0.15) is 58.8 Å². The number of aromatic nitrogens is 2. The molecule has 138 valence electrons. The molecule has 26 heavy (non-hydrogen) atoms. The summed E-state index contributed by atoms with van der Waals surface area (Å²) in [6, 6.07) is 4.04. The van der Waals surface area contributed by atoms with E-state index in [-0.39, 0.29) is 28.5 Å². The van der Waals surface area contributed by atoms with Gasteiger partial charge in [0.25, 0.3) is 21.8 Å². The third-order valence-electron chi connectivity index (χ3n) is 3.85. The molecule has 1 aromatic heterocycles. The lowest BCUT2D eigenvalue weighted by Crippen LogP contribution is -2.30. The quantitative estimate of drug-likeness (QED) is 0.834. The second kappa shape index (κ2) is 6.76. The summed E-state index contributed by atoms with van der Waals surface area (Å²) in [7, 11) is -3.92. The van der Waals surface area contributed by atoms with Crippen molar-refractivity contribution in [2.24, 2.45) is 0 Å². The summed E-state index contributed by atoms with van der Waals surface area (Å²) in [6.07, 6.45) is 0.515. The first-order valence-corrected chi connectivity index (χ1v) is 10.4. The highest BCUT2D eigenvalue weighted by atomic mass is 32.2. The molecule has 2 heterocycles. The zero-order chi connectivity index (χ0) is 19.1. The van der Waals surface area contributed by atoms with E-state index < -0.39 is 21.8 Å². The Labute approximate surface area is 155 Å². The second-order valence-corrected chi connectivity index (χ2v) is 8.99. The van der Waals surface area contributed by atoms with E-state index in [9.17, 15) is 18.0 Å². The van der Waals surface area contributed by atoms with Crippen LogP contribution < -0.4 is 5.32 Å². The summed E-state index contributed by atoms with van der Waals surface area (Å²) in [6.45, 7) is 5.84. The van der Waals surface area contributed by atoms with Crippen LogP contribution >= 0.6 is 11.3 Å². The minimum atomic E-state index is -3.92. The zero-order valence-electron chi connectivity index (χ0n) is 14.5. The number of sulfonamides is 1. The van der Waals surface area contributed by atoms with Crippen molar-refractivity contribution in [3.8, 4) is 0 Å². The van der Waals surface area contributed by atoms with Crippen LogP contribution in [0.4, 0.5) is 5.13 Å². The largest absolute Gasteiger partial charge is 0.296 e. The highest BCUT2D eigenvalue weighted by Crippen LogP contribution is 2.31. The number of carbonyl (C=O) groups is 2. The first kappa shape index (κ1) is 18.5. The van der Waals surface area contributed by atoms with Crippen molar-refractivity contribution >= 4 is 38.3 Å². The van der Waals surface area contributed by atoms with Crippen LogP contribution in [0.2, 0.25) is 0 Å². The molecule has 1 N–H and O–H groups in total. The van der Waals surface area contributed by atoms with Crippen LogP contribution in [-0.2, 0) is 10.0 Å². The molecule has 0 saturated carbocycles. The van der Waals surface area contributed by atoms with Crippen molar-refractivity contribution in [1.29, 1.82) is 0 Å². The third kappa shape index (κ3) is 3.10. The fourth-order valence-corrected chi connectivity index (χ4v) is 4.96. The van der Waals surface area contributed by atoms with Crippen molar-refractivity contribution in [2.45, 2.75) is 38.0 Å². The number of carbonyl (C=O) groups excluding carboxylic acids is 2. The summed E-state index contributed by atoms with van der Waals surface area (Å²) in [4.78, 5) is 24.6. The zero-order valence-corrected chi connectivity index (χ0v) is 16.1. The molecule has 0 saturated heterocycles. The van der Waals surface area contributed by atoms with E-state index in [2.05, 4.69) is 15.5 Å². The van der Waals surface area contributed by atoms with Gasteiger partial charge in [-0.3, -0.25) is 14.9 Å². The first-order valence-electron chi connectivity index (χ1n) is 8.11. The Bertz CT molecular complexity index is 982. The maximum Gasteiger partial charge on any atom is 0.269 e. The molecule has 0 atom stereocenters. The van der Waals surface area contributed by atoms with E-state index >= 15 is 0 Å². The number of anilines is 1. The summed E-state index contributed by atoms with van der Waals surface area (Å²) in [5.41, 5.74) is 0.229. The number of rotatable bonds is 5. The Morgan fingerprint density at radius 1 is 1.31 bits per heavy atom. The summed E-state index contributed by atoms with van der Waals surface area (Å²) >= 11 is 1.26. The molecular formula is C16H18N4O4S2. The van der Waals surface area contributed by atoms with Crippen molar-refractivity contribution < 1.29 is 18.0 Å². The lowest BCUT2D eigenvalue weighted by molar-refractivity contribution is 0.0870. The molecule has 0 aliphatic carbocycles. The molecule has 1 aliphatic heterocycles. The lowest BCUT2D eigenvalue weighted by Gasteiger charge is -2.13. The molecule has 10 heteroatoms. The molecule has 0 radical (unpaired) electrons. The summed E-state index contributed by atoms with van der Waals surface area (Å²) in [5, 5.41) is 11.6. The Balaban J connectivity index is 1.89. The van der Waals surface area contributed by atoms with Crippen LogP contribution in [-0.4, -0.2) is 41.3 Å². The van der Waals surface area contributed by atoms with E-state index in [1.165, 1.54) is 29.5 Å². The van der Waals surface area contributed by atoms with Gasteiger partial charge in [0, 0.05) is 18.0 Å². The number of benzene rings is 1. The highest BCUT2D eigenvalue weighted by molar-refractivity contribution is 7.90. The predicted molar refractivity (Wildman–Crippen MR) is 96.9 cm³/mol. The van der Waals surface area contributed by atoms with Crippen molar-refractivity contribution in [2.75, 3.05) is 11.9 Å².